The quantitative estimate of drug-likeness (QED) is 0.392. The summed E-state index contributed by atoms with van der Waals surface area (Å²) in [5.41, 5.74) is 2.27. The summed E-state index contributed by atoms with van der Waals surface area (Å²) in [4.78, 5) is 51.4. The summed E-state index contributed by atoms with van der Waals surface area (Å²) in [5.74, 6) is -1.67. The molecule has 1 saturated heterocycles. The van der Waals surface area contributed by atoms with E-state index in [4.69, 9.17) is 4.74 Å². The fourth-order valence-electron chi connectivity index (χ4n) is 4.05. The lowest BCUT2D eigenvalue weighted by molar-refractivity contribution is -0.129. The van der Waals surface area contributed by atoms with E-state index in [2.05, 4.69) is 5.32 Å². The average molecular weight is 471 g/mol. The second-order valence-electron chi connectivity index (χ2n) is 8.47. The highest BCUT2D eigenvalue weighted by Gasteiger charge is 2.37. The molecule has 4 rings (SSSR count). The molecule has 2 amide bonds. The van der Waals surface area contributed by atoms with Crippen molar-refractivity contribution in [3.63, 3.8) is 0 Å². The van der Waals surface area contributed by atoms with Gasteiger partial charge in [0.2, 0.25) is 11.8 Å². The Bertz CT molecular complexity index is 1210. The van der Waals surface area contributed by atoms with Gasteiger partial charge in [-0.05, 0) is 36.8 Å². The first-order chi connectivity index (χ1) is 16.9. The zero-order valence-electron chi connectivity index (χ0n) is 19.3. The maximum Gasteiger partial charge on any atom is 0.338 e. The van der Waals surface area contributed by atoms with Crippen LogP contribution in [-0.4, -0.2) is 41.6 Å². The maximum absolute atomic E-state index is 12.8. The molecule has 1 fully saturated rings. The SMILES string of the molecule is C[C@H](c1ccccc1)N1C[C@@H](C(=O)Nc2ccc(C(=O)OCC(=O)c3ccccc3)cc2)CC1=O. The number of hydrogen-bond acceptors (Lipinski definition) is 5. The topological polar surface area (TPSA) is 92.8 Å². The largest absolute Gasteiger partial charge is 0.454 e. The van der Waals surface area contributed by atoms with Crippen LogP contribution in [0.25, 0.3) is 0 Å². The van der Waals surface area contributed by atoms with Crippen molar-refractivity contribution in [2.45, 2.75) is 19.4 Å². The minimum absolute atomic E-state index is 0.0513. The van der Waals surface area contributed by atoms with Crippen molar-refractivity contribution in [1.82, 2.24) is 4.90 Å². The molecule has 0 unspecified atom stereocenters. The first-order valence-electron chi connectivity index (χ1n) is 11.4. The molecule has 0 spiro atoms. The number of ether oxygens (including phenoxy) is 1. The van der Waals surface area contributed by atoms with E-state index in [1.807, 2.05) is 37.3 Å². The van der Waals surface area contributed by atoms with Crippen LogP contribution in [0.1, 0.15) is 45.7 Å². The van der Waals surface area contributed by atoms with Crippen LogP contribution in [0, 0.1) is 5.92 Å². The summed E-state index contributed by atoms with van der Waals surface area (Å²) in [5, 5.41) is 2.82. The minimum Gasteiger partial charge on any atom is -0.454 e. The minimum atomic E-state index is -0.626. The van der Waals surface area contributed by atoms with Crippen molar-refractivity contribution in [3.8, 4) is 0 Å². The molecule has 0 saturated carbocycles. The number of anilines is 1. The number of nitrogens with zero attached hydrogens (tertiary/aromatic N) is 1. The third-order valence-corrected chi connectivity index (χ3v) is 6.10. The van der Waals surface area contributed by atoms with E-state index in [1.54, 1.807) is 47.4 Å². The normalized spacial score (nSPS) is 16.0. The van der Waals surface area contributed by atoms with Gasteiger partial charge in [0.15, 0.2) is 12.4 Å². The number of likely N-dealkylation sites (tertiary alicyclic amines) is 1. The third kappa shape index (κ3) is 5.81. The molecule has 0 aliphatic carbocycles. The van der Waals surface area contributed by atoms with Gasteiger partial charge >= 0.3 is 5.97 Å². The van der Waals surface area contributed by atoms with Gasteiger partial charge < -0.3 is 15.0 Å². The van der Waals surface area contributed by atoms with Crippen LogP contribution in [0.4, 0.5) is 5.69 Å². The molecule has 0 radical (unpaired) electrons. The van der Waals surface area contributed by atoms with Gasteiger partial charge in [0.05, 0.1) is 17.5 Å². The van der Waals surface area contributed by atoms with E-state index in [0.29, 0.717) is 17.8 Å². The number of carbonyl (C=O) groups excluding carboxylic acids is 4. The summed E-state index contributed by atoms with van der Waals surface area (Å²) in [6, 6.07) is 24.4. The van der Waals surface area contributed by atoms with E-state index < -0.39 is 11.9 Å². The molecule has 0 aromatic heterocycles. The Hall–Kier alpha value is -4.26. The van der Waals surface area contributed by atoms with Crippen molar-refractivity contribution in [3.05, 3.63) is 102 Å². The Morgan fingerprint density at radius 1 is 0.914 bits per heavy atom. The number of benzene rings is 3. The number of hydrogen-bond donors (Lipinski definition) is 1. The van der Waals surface area contributed by atoms with Gasteiger partial charge in [-0.15, -0.1) is 0 Å². The van der Waals surface area contributed by atoms with Crippen molar-refractivity contribution in [1.29, 1.82) is 0 Å². The molecule has 1 aliphatic heterocycles. The Kier molecular flexibility index (Phi) is 7.35. The Morgan fingerprint density at radius 3 is 2.20 bits per heavy atom. The first kappa shape index (κ1) is 23.9. The lowest BCUT2D eigenvalue weighted by Crippen LogP contribution is -2.30. The van der Waals surface area contributed by atoms with Crippen molar-refractivity contribution < 1.29 is 23.9 Å². The van der Waals surface area contributed by atoms with Crippen molar-refractivity contribution >= 4 is 29.3 Å². The number of nitrogens with one attached hydrogen (secondary N) is 1. The Morgan fingerprint density at radius 2 is 1.54 bits per heavy atom. The van der Waals surface area contributed by atoms with E-state index in [1.165, 1.54) is 12.1 Å². The molecule has 3 aromatic rings. The highest BCUT2D eigenvalue weighted by molar-refractivity contribution is 6.00. The monoisotopic (exact) mass is 470 g/mol. The number of rotatable bonds is 8. The number of esters is 1. The molecule has 35 heavy (non-hydrogen) atoms. The second kappa shape index (κ2) is 10.8. The summed E-state index contributed by atoms with van der Waals surface area (Å²) in [7, 11) is 0. The predicted molar refractivity (Wildman–Crippen MR) is 131 cm³/mol. The van der Waals surface area contributed by atoms with Crippen molar-refractivity contribution in [2.75, 3.05) is 18.5 Å². The van der Waals surface area contributed by atoms with Crippen LogP contribution in [0.2, 0.25) is 0 Å². The van der Waals surface area contributed by atoms with Crippen LogP contribution in [0.15, 0.2) is 84.9 Å². The van der Waals surface area contributed by atoms with E-state index >= 15 is 0 Å². The lowest BCUT2D eigenvalue weighted by Gasteiger charge is -2.25. The Balaban J connectivity index is 1.29. The molecule has 2 atom stereocenters. The lowest BCUT2D eigenvalue weighted by atomic mass is 10.1. The smallest absolute Gasteiger partial charge is 0.338 e. The van der Waals surface area contributed by atoms with Gasteiger partial charge in [0, 0.05) is 24.2 Å². The number of amides is 2. The molecule has 3 aromatic carbocycles. The highest BCUT2D eigenvalue weighted by atomic mass is 16.5. The first-order valence-corrected chi connectivity index (χ1v) is 11.4. The van der Waals surface area contributed by atoms with Crippen molar-refractivity contribution in [2.24, 2.45) is 5.92 Å². The molecule has 178 valence electrons. The predicted octanol–water partition coefficient (Wildman–Crippen LogP) is 4.27. The third-order valence-electron chi connectivity index (χ3n) is 6.10. The summed E-state index contributed by atoms with van der Waals surface area (Å²) in [6.07, 6.45) is 0.156. The fourth-order valence-corrected chi connectivity index (χ4v) is 4.05. The van der Waals surface area contributed by atoms with Crippen LogP contribution < -0.4 is 5.32 Å². The van der Waals surface area contributed by atoms with Crippen LogP contribution >= 0.6 is 0 Å². The van der Waals surface area contributed by atoms with E-state index in [-0.39, 0.29) is 42.2 Å². The van der Waals surface area contributed by atoms with Gasteiger partial charge in [-0.25, -0.2) is 4.79 Å². The number of carbonyl (C=O) groups is 4. The summed E-state index contributed by atoms with van der Waals surface area (Å²) < 4.78 is 5.11. The molecular formula is C28H26N2O5. The van der Waals surface area contributed by atoms with Gasteiger partial charge in [-0.3, -0.25) is 14.4 Å². The van der Waals surface area contributed by atoms with Gasteiger partial charge in [-0.2, -0.15) is 0 Å². The molecule has 0 bridgehead atoms. The van der Waals surface area contributed by atoms with Crippen LogP contribution in [-0.2, 0) is 14.3 Å². The Labute approximate surface area is 203 Å². The molecule has 7 heteroatoms. The maximum atomic E-state index is 12.8. The van der Waals surface area contributed by atoms with E-state index in [9.17, 15) is 19.2 Å². The second-order valence-corrected chi connectivity index (χ2v) is 8.47. The molecule has 1 heterocycles. The number of Topliss-reactive ketones (excluding diaryl/α,β-unsaturated/α-hetero) is 1. The van der Waals surface area contributed by atoms with Gasteiger partial charge in [-0.1, -0.05) is 60.7 Å². The summed E-state index contributed by atoms with van der Waals surface area (Å²) >= 11 is 0. The standard InChI is InChI=1S/C28H26N2O5/c1-19(20-8-4-2-5-9-20)30-17-23(16-26(30)32)27(33)29-24-14-12-22(13-15-24)28(34)35-18-25(31)21-10-6-3-7-11-21/h2-15,19,23H,16-18H2,1H3,(H,29,33)/t19-,23+/m1/s1. The molecule has 1 aliphatic rings. The van der Waals surface area contributed by atoms with Gasteiger partial charge in [0.1, 0.15) is 0 Å². The van der Waals surface area contributed by atoms with E-state index in [0.717, 1.165) is 5.56 Å². The zero-order chi connectivity index (χ0) is 24.8. The van der Waals surface area contributed by atoms with Crippen LogP contribution in [0.5, 0.6) is 0 Å². The zero-order valence-corrected chi connectivity index (χ0v) is 19.3. The molecular weight excluding hydrogens is 444 g/mol. The van der Waals surface area contributed by atoms with Gasteiger partial charge in [0.25, 0.3) is 0 Å². The number of ketones is 1. The highest BCUT2D eigenvalue weighted by Crippen LogP contribution is 2.29. The summed E-state index contributed by atoms with van der Waals surface area (Å²) in [6.45, 7) is 1.95. The molecule has 7 nitrogen and oxygen atoms in total. The van der Waals surface area contributed by atoms with Crippen LogP contribution in [0.3, 0.4) is 0 Å². The molecule has 1 N–H and O–H groups in total. The average Bonchev–Trinajstić information content (AvgIpc) is 3.29. The fraction of sp³-hybridized carbons (Fsp3) is 0.214.